The Kier molecular flexibility index (Phi) is 4.29. The second-order valence-corrected chi connectivity index (χ2v) is 4.40. The first-order valence-corrected chi connectivity index (χ1v) is 6.36. The van der Waals surface area contributed by atoms with Crippen molar-refractivity contribution in [1.82, 2.24) is 9.97 Å². The summed E-state index contributed by atoms with van der Waals surface area (Å²) in [6.07, 6.45) is 6.41. The summed E-state index contributed by atoms with van der Waals surface area (Å²) >= 11 is 0. The van der Waals surface area contributed by atoms with Crippen molar-refractivity contribution in [3.05, 3.63) is 54.1 Å². The predicted octanol–water partition coefficient (Wildman–Crippen LogP) is 3.20. The minimum absolute atomic E-state index is 0.812. The van der Waals surface area contributed by atoms with Crippen molar-refractivity contribution in [3.63, 3.8) is 0 Å². The molecule has 2 aromatic rings. The summed E-state index contributed by atoms with van der Waals surface area (Å²) in [7, 11) is 0. The molecular weight excluding hydrogens is 222 g/mol. The van der Waals surface area contributed by atoms with Crippen LogP contribution in [0, 0.1) is 6.92 Å². The molecule has 18 heavy (non-hydrogen) atoms. The van der Waals surface area contributed by atoms with Gasteiger partial charge in [0, 0.05) is 24.6 Å². The lowest BCUT2D eigenvalue weighted by Crippen LogP contribution is -2.24. The molecule has 0 saturated heterocycles. The summed E-state index contributed by atoms with van der Waals surface area (Å²) in [5.41, 5.74) is 3.59. The summed E-state index contributed by atoms with van der Waals surface area (Å²) in [5.74, 6) is 0. The number of para-hydroxylation sites is 1. The zero-order chi connectivity index (χ0) is 12.8. The lowest BCUT2D eigenvalue weighted by Gasteiger charge is -2.25. The molecule has 1 aromatic carbocycles. The lowest BCUT2D eigenvalue weighted by molar-refractivity contribution is 0.748. The number of anilines is 1. The van der Waals surface area contributed by atoms with Crippen molar-refractivity contribution >= 4 is 5.69 Å². The first kappa shape index (κ1) is 12.6. The van der Waals surface area contributed by atoms with Crippen molar-refractivity contribution in [1.29, 1.82) is 0 Å². The van der Waals surface area contributed by atoms with Gasteiger partial charge in [0.1, 0.15) is 0 Å². The van der Waals surface area contributed by atoms with E-state index in [0.29, 0.717) is 0 Å². The Bertz CT molecular complexity index is 482. The molecule has 0 spiro atoms. The van der Waals surface area contributed by atoms with Gasteiger partial charge in [0.15, 0.2) is 0 Å². The zero-order valence-electron chi connectivity index (χ0n) is 11.0. The molecule has 2 rings (SSSR count). The summed E-state index contributed by atoms with van der Waals surface area (Å²) in [6, 6.07) is 8.48. The first-order valence-electron chi connectivity index (χ1n) is 6.36. The van der Waals surface area contributed by atoms with Crippen molar-refractivity contribution in [2.45, 2.75) is 26.8 Å². The number of hydrogen-bond donors (Lipinski definition) is 0. The highest BCUT2D eigenvalue weighted by Gasteiger charge is 2.09. The topological polar surface area (TPSA) is 29.0 Å². The van der Waals surface area contributed by atoms with Crippen molar-refractivity contribution in [3.8, 4) is 0 Å². The van der Waals surface area contributed by atoms with Crippen LogP contribution in [0.4, 0.5) is 5.69 Å². The van der Waals surface area contributed by atoms with Crippen LogP contribution in [0.2, 0.25) is 0 Å². The molecule has 0 aliphatic carbocycles. The molecule has 0 saturated carbocycles. The third-order valence-corrected chi connectivity index (χ3v) is 2.92. The van der Waals surface area contributed by atoms with Crippen molar-refractivity contribution in [2.75, 3.05) is 11.4 Å². The fourth-order valence-electron chi connectivity index (χ4n) is 2.08. The number of rotatable bonds is 5. The molecule has 3 nitrogen and oxygen atoms in total. The quantitative estimate of drug-likeness (QED) is 0.805. The average molecular weight is 241 g/mol. The second-order valence-electron chi connectivity index (χ2n) is 4.40. The fraction of sp³-hybridized carbons (Fsp3) is 0.333. The second kappa shape index (κ2) is 6.15. The van der Waals surface area contributed by atoms with Crippen molar-refractivity contribution in [2.24, 2.45) is 0 Å². The summed E-state index contributed by atoms with van der Waals surface area (Å²) in [5, 5.41) is 0. The van der Waals surface area contributed by atoms with Gasteiger partial charge in [0.05, 0.1) is 18.4 Å². The predicted molar refractivity (Wildman–Crippen MR) is 74.6 cm³/mol. The summed E-state index contributed by atoms with van der Waals surface area (Å²) in [4.78, 5) is 10.8. The lowest BCUT2D eigenvalue weighted by atomic mass is 10.1. The van der Waals surface area contributed by atoms with E-state index >= 15 is 0 Å². The van der Waals surface area contributed by atoms with Crippen LogP contribution in [-0.4, -0.2) is 16.5 Å². The van der Waals surface area contributed by atoms with Gasteiger partial charge in [-0.15, -0.1) is 0 Å². The van der Waals surface area contributed by atoms with E-state index in [1.807, 2.05) is 6.20 Å². The van der Waals surface area contributed by atoms with Crippen LogP contribution in [-0.2, 0) is 6.54 Å². The monoisotopic (exact) mass is 241 g/mol. The van der Waals surface area contributed by atoms with Gasteiger partial charge < -0.3 is 4.90 Å². The van der Waals surface area contributed by atoms with Gasteiger partial charge >= 0.3 is 0 Å². The minimum Gasteiger partial charge on any atom is -0.365 e. The standard InChI is InChI=1S/C15H19N3/c1-3-10-18(12-14-11-16-8-9-17-14)15-7-5-4-6-13(15)2/h4-9,11H,3,10,12H2,1-2H3. The van der Waals surface area contributed by atoms with E-state index in [-0.39, 0.29) is 0 Å². The first-order chi connectivity index (χ1) is 8.81. The Morgan fingerprint density at radius 2 is 2.00 bits per heavy atom. The van der Waals surface area contributed by atoms with Gasteiger partial charge in [-0.2, -0.15) is 0 Å². The number of aromatic nitrogens is 2. The molecule has 0 atom stereocenters. The molecule has 0 radical (unpaired) electrons. The van der Waals surface area contributed by atoms with Crippen LogP contribution < -0.4 is 4.90 Å². The van der Waals surface area contributed by atoms with Crippen LogP contribution in [0.3, 0.4) is 0 Å². The molecule has 0 aliphatic rings. The molecule has 0 amide bonds. The molecule has 0 fully saturated rings. The summed E-state index contributed by atoms with van der Waals surface area (Å²) in [6.45, 7) is 6.19. The Labute approximate surface area is 109 Å². The minimum atomic E-state index is 0.812. The Morgan fingerprint density at radius 3 is 2.67 bits per heavy atom. The van der Waals surface area contributed by atoms with Crippen LogP contribution in [0.5, 0.6) is 0 Å². The van der Waals surface area contributed by atoms with Crippen LogP contribution in [0.1, 0.15) is 24.6 Å². The summed E-state index contributed by atoms with van der Waals surface area (Å²) < 4.78 is 0. The third-order valence-electron chi connectivity index (χ3n) is 2.92. The van der Waals surface area contributed by atoms with Crippen LogP contribution >= 0.6 is 0 Å². The van der Waals surface area contributed by atoms with Crippen LogP contribution in [0.15, 0.2) is 42.9 Å². The van der Waals surface area contributed by atoms with Gasteiger partial charge in [-0.1, -0.05) is 25.1 Å². The molecule has 0 unspecified atom stereocenters. The molecule has 0 N–H and O–H groups in total. The molecule has 94 valence electrons. The number of hydrogen-bond acceptors (Lipinski definition) is 3. The van der Waals surface area contributed by atoms with E-state index in [0.717, 1.165) is 25.2 Å². The zero-order valence-corrected chi connectivity index (χ0v) is 11.0. The molecule has 0 bridgehead atoms. The number of benzene rings is 1. The average Bonchev–Trinajstić information content (AvgIpc) is 2.40. The molecule has 3 heteroatoms. The van der Waals surface area contributed by atoms with E-state index in [4.69, 9.17) is 0 Å². The van der Waals surface area contributed by atoms with E-state index in [1.165, 1.54) is 11.3 Å². The van der Waals surface area contributed by atoms with Crippen LogP contribution in [0.25, 0.3) is 0 Å². The van der Waals surface area contributed by atoms with E-state index < -0.39 is 0 Å². The Balaban J connectivity index is 2.21. The molecular formula is C15H19N3. The number of aryl methyl sites for hydroxylation is 1. The van der Waals surface area contributed by atoms with Gasteiger partial charge in [0.2, 0.25) is 0 Å². The molecule has 1 heterocycles. The van der Waals surface area contributed by atoms with Crippen molar-refractivity contribution < 1.29 is 0 Å². The van der Waals surface area contributed by atoms with Gasteiger partial charge in [0.25, 0.3) is 0 Å². The maximum absolute atomic E-state index is 4.35. The highest BCUT2D eigenvalue weighted by atomic mass is 15.1. The highest BCUT2D eigenvalue weighted by molar-refractivity contribution is 5.53. The Morgan fingerprint density at radius 1 is 1.17 bits per heavy atom. The van der Waals surface area contributed by atoms with Gasteiger partial charge in [-0.05, 0) is 25.0 Å². The number of nitrogens with zero attached hydrogens (tertiary/aromatic N) is 3. The Hall–Kier alpha value is -1.90. The van der Waals surface area contributed by atoms with Gasteiger partial charge in [-0.25, -0.2) is 0 Å². The largest absolute Gasteiger partial charge is 0.365 e. The third kappa shape index (κ3) is 3.06. The van der Waals surface area contributed by atoms with E-state index in [1.54, 1.807) is 12.4 Å². The molecule has 0 aliphatic heterocycles. The fourth-order valence-corrected chi connectivity index (χ4v) is 2.08. The van der Waals surface area contributed by atoms with Gasteiger partial charge in [-0.3, -0.25) is 9.97 Å². The maximum Gasteiger partial charge on any atom is 0.0779 e. The SMILES string of the molecule is CCCN(Cc1cnccn1)c1ccccc1C. The maximum atomic E-state index is 4.35. The van der Waals surface area contributed by atoms with E-state index in [2.05, 4.69) is 53.0 Å². The smallest absolute Gasteiger partial charge is 0.0779 e. The normalized spacial score (nSPS) is 10.3. The molecule has 1 aromatic heterocycles. The highest BCUT2D eigenvalue weighted by Crippen LogP contribution is 2.21. The van der Waals surface area contributed by atoms with E-state index in [9.17, 15) is 0 Å².